The van der Waals surface area contributed by atoms with E-state index in [2.05, 4.69) is 53.5 Å². The van der Waals surface area contributed by atoms with Crippen molar-refractivity contribution in [3.8, 4) is 0 Å². The quantitative estimate of drug-likeness (QED) is 0.760. The topological polar surface area (TPSA) is 12.0 Å². The Morgan fingerprint density at radius 2 is 1.85 bits per heavy atom. The average Bonchev–Trinajstić information content (AvgIpc) is 2.76. The molecule has 1 atom stereocenters. The minimum Gasteiger partial charge on any atom is -0.305 e. The molecule has 0 aliphatic heterocycles. The molecule has 108 valence electrons. The molecule has 2 aromatic rings. The Kier molecular flexibility index (Phi) is 4.99. The predicted molar refractivity (Wildman–Crippen MR) is 87.5 cm³/mol. The van der Waals surface area contributed by atoms with E-state index in [4.69, 9.17) is 0 Å². The fraction of sp³-hybridized carbons (Fsp3) is 0.375. The monoisotopic (exact) mass is 355 g/mol. The van der Waals surface area contributed by atoms with Crippen molar-refractivity contribution in [2.24, 2.45) is 5.41 Å². The first-order valence-corrected chi connectivity index (χ1v) is 8.26. The molecule has 0 aliphatic carbocycles. The highest BCUT2D eigenvalue weighted by Crippen LogP contribution is 2.34. The van der Waals surface area contributed by atoms with Gasteiger partial charge in [-0.15, -0.1) is 11.3 Å². The Morgan fingerprint density at radius 3 is 2.35 bits per heavy atom. The normalized spacial score (nSPS) is 13.4. The van der Waals surface area contributed by atoms with Gasteiger partial charge in [-0.3, -0.25) is 0 Å². The zero-order valence-electron chi connectivity index (χ0n) is 11.9. The summed E-state index contributed by atoms with van der Waals surface area (Å²) in [5.41, 5.74) is 1.17. The Labute approximate surface area is 132 Å². The van der Waals surface area contributed by atoms with E-state index in [0.717, 1.165) is 16.6 Å². The van der Waals surface area contributed by atoms with Gasteiger partial charge in [0.2, 0.25) is 0 Å². The van der Waals surface area contributed by atoms with Crippen molar-refractivity contribution in [1.82, 2.24) is 5.32 Å². The first-order chi connectivity index (χ1) is 9.38. The van der Waals surface area contributed by atoms with Crippen LogP contribution in [-0.2, 0) is 6.54 Å². The van der Waals surface area contributed by atoms with Crippen LogP contribution in [0.1, 0.15) is 37.3 Å². The molecule has 1 nitrogen and oxygen atoms in total. The lowest BCUT2D eigenvalue weighted by atomic mass is 9.82. The van der Waals surface area contributed by atoms with Crippen LogP contribution in [0.3, 0.4) is 0 Å². The Hall–Kier alpha value is -0.710. The van der Waals surface area contributed by atoms with Crippen LogP contribution in [0.4, 0.5) is 4.39 Å². The second-order valence-corrected chi connectivity index (χ2v) is 7.78. The summed E-state index contributed by atoms with van der Waals surface area (Å²) in [7, 11) is 0. The highest BCUT2D eigenvalue weighted by molar-refractivity contribution is 9.10. The van der Waals surface area contributed by atoms with Gasteiger partial charge in [0.1, 0.15) is 5.82 Å². The van der Waals surface area contributed by atoms with Crippen LogP contribution >= 0.6 is 27.3 Å². The van der Waals surface area contributed by atoms with Crippen LogP contribution in [-0.4, -0.2) is 0 Å². The van der Waals surface area contributed by atoms with Gasteiger partial charge in [-0.25, -0.2) is 4.39 Å². The number of hydrogen-bond donors (Lipinski definition) is 1. The third-order valence-electron chi connectivity index (χ3n) is 3.23. The number of halogens is 2. The third-order valence-corrected chi connectivity index (χ3v) is 5.15. The fourth-order valence-corrected chi connectivity index (χ4v) is 3.67. The van der Waals surface area contributed by atoms with Crippen molar-refractivity contribution >= 4 is 27.3 Å². The molecule has 1 unspecified atom stereocenters. The summed E-state index contributed by atoms with van der Waals surface area (Å²) in [5.74, 6) is -0.192. The number of nitrogens with one attached hydrogen (secondary N) is 1. The molecule has 0 fully saturated rings. The summed E-state index contributed by atoms with van der Waals surface area (Å²) in [6.07, 6.45) is 0. The summed E-state index contributed by atoms with van der Waals surface area (Å²) in [6, 6.07) is 9.01. The molecule has 4 heteroatoms. The molecule has 2 rings (SSSR count). The third kappa shape index (κ3) is 3.90. The predicted octanol–water partition coefficient (Wildman–Crippen LogP) is 5.53. The minimum absolute atomic E-state index is 0.0571. The van der Waals surface area contributed by atoms with Crippen LogP contribution in [0.15, 0.2) is 40.2 Å². The standard InChI is InChI=1S/C16H19BrFNS/c1-16(2,3)15(11-4-6-12(18)7-5-11)19-10-14-13(17)8-9-20-14/h4-9,15,19H,10H2,1-3H3. The van der Waals surface area contributed by atoms with Crippen molar-refractivity contribution in [1.29, 1.82) is 0 Å². The summed E-state index contributed by atoms with van der Waals surface area (Å²) < 4.78 is 14.2. The number of benzene rings is 1. The number of thiophene rings is 1. The SMILES string of the molecule is CC(C)(C)C(NCc1sccc1Br)c1ccc(F)cc1. The highest BCUT2D eigenvalue weighted by Gasteiger charge is 2.26. The molecule has 0 aliphatic rings. The van der Waals surface area contributed by atoms with Gasteiger partial charge in [-0.05, 0) is 50.5 Å². The molecule has 0 saturated carbocycles. The lowest BCUT2D eigenvalue weighted by Crippen LogP contribution is -2.31. The van der Waals surface area contributed by atoms with E-state index in [-0.39, 0.29) is 17.3 Å². The molecule has 0 saturated heterocycles. The van der Waals surface area contributed by atoms with Crippen LogP contribution in [0.2, 0.25) is 0 Å². The van der Waals surface area contributed by atoms with Gasteiger partial charge in [-0.2, -0.15) is 0 Å². The molecule has 1 N–H and O–H groups in total. The highest BCUT2D eigenvalue weighted by atomic mass is 79.9. The maximum Gasteiger partial charge on any atom is 0.123 e. The van der Waals surface area contributed by atoms with E-state index in [0.29, 0.717) is 0 Å². The van der Waals surface area contributed by atoms with Gasteiger partial charge in [0.25, 0.3) is 0 Å². The van der Waals surface area contributed by atoms with Gasteiger partial charge in [-0.1, -0.05) is 32.9 Å². The van der Waals surface area contributed by atoms with E-state index < -0.39 is 0 Å². The number of hydrogen-bond acceptors (Lipinski definition) is 2. The van der Waals surface area contributed by atoms with Crippen LogP contribution < -0.4 is 5.32 Å². The van der Waals surface area contributed by atoms with Gasteiger partial charge in [0.15, 0.2) is 0 Å². The lowest BCUT2D eigenvalue weighted by molar-refractivity contribution is 0.271. The molecular formula is C16H19BrFNS. The molecule has 0 spiro atoms. The molecule has 0 amide bonds. The molecular weight excluding hydrogens is 337 g/mol. The molecule has 0 bridgehead atoms. The number of rotatable bonds is 4. The summed E-state index contributed by atoms with van der Waals surface area (Å²) in [5, 5.41) is 5.67. The zero-order valence-corrected chi connectivity index (χ0v) is 14.3. The van der Waals surface area contributed by atoms with Crippen LogP contribution in [0, 0.1) is 11.2 Å². The largest absolute Gasteiger partial charge is 0.305 e. The fourth-order valence-electron chi connectivity index (χ4n) is 2.23. The summed E-state index contributed by atoms with van der Waals surface area (Å²) in [4.78, 5) is 1.28. The second-order valence-electron chi connectivity index (χ2n) is 5.92. The van der Waals surface area contributed by atoms with E-state index >= 15 is 0 Å². The smallest absolute Gasteiger partial charge is 0.123 e. The molecule has 1 heterocycles. The minimum atomic E-state index is -0.192. The molecule has 20 heavy (non-hydrogen) atoms. The molecule has 1 aromatic heterocycles. The Morgan fingerprint density at radius 1 is 1.20 bits per heavy atom. The van der Waals surface area contributed by atoms with Crippen LogP contribution in [0.5, 0.6) is 0 Å². The van der Waals surface area contributed by atoms with Crippen molar-refractivity contribution in [2.75, 3.05) is 0 Å². The van der Waals surface area contributed by atoms with Gasteiger partial charge in [0.05, 0.1) is 0 Å². The summed E-state index contributed by atoms with van der Waals surface area (Å²) >= 11 is 5.28. The Bertz CT molecular complexity index is 557. The molecule has 1 aromatic carbocycles. The molecule has 0 radical (unpaired) electrons. The maximum atomic E-state index is 13.1. The van der Waals surface area contributed by atoms with E-state index in [9.17, 15) is 4.39 Å². The zero-order chi connectivity index (χ0) is 14.8. The van der Waals surface area contributed by atoms with Crippen molar-refractivity contribution in [2.45, 2.75) is 33.4 Å². The van der Waals surface area contributed by atoms with Crippen molar-refractivity contribution in [3.63, 3.8) is 0 Å². The van der Waals surface area contributed by atoms with Crippen molar-refractivity contribution < 1.29 is 4.39 Å². The van der Waals surface area contributed by atoms with Gasteiger partial charge < -0.3 is 5.32 Å². The van der Waals surface area contributed by atoms with E-state index in [1.165, 1.54) is 17.0 Å². The average molecular weight is 356 g/mol. The maximum absolute atomic E-state index is 13.1. The van der Waals surface area contributed by atoms with Gasteiger partial charge in [0, 0.05) is 21.9 Å². The summed E-state index contributed by atoms with van der Waals surface area (Å²) in [6.45, 7) is 7.38. The van der Waals surface area contributed by atoms with E-state index in [1.54, 1.807) is 11.3 Å². The van der Waals surface area contributed by atoms with Crippen LogP contribution in [0.25, 0.3) is 0 Å². The van der Waals surface area contributed by atoms with E-state index in [1.807, 2.05) is 12.1 Å². The lowest BCUT2D eigenvalue weighted by Gasteiger charge is -2.32. The Balaban J connectivity index is 2.16. The van der Waals surface area contributed by atoms with Crippen molar-refractivity contribution in [3.05, 3.63) is 56.4 Å². The first-order valence-electron chi connectivity index (χ1n) is 6.58. The first kappa shape index (κ1) is 15.7. The van der Waals surface area contributed by atoms with Gasteiger partial charge >= 0.3 is 0 Å². The second kappa shape index (κ2) is 6.37.